The number of aryl methyl sites for hydroxylation is 1. The van der Waals surface area contributed by atoms with Gasteiger partial charge in [-0.2, -0.15) is 0 Å². The van der Waals surface area contributed by atoms with Crippen LogP contribution in [0.5, 0.6) is 0 Å². The summed E-state index contributed by atoms with van der Waals surface area (Å²) >= 11 is 0. The molecule has 0 bridgehead atoms. The molecule has 0 radical (unpaired) electrons. The largest absolute Gasteiger partial charge is 0.368 e. The van der Waals surface area contributed by atoms with Gasteiger partial charge in [0.25, 0.3) is 0 Å². The zero-order chi connectivity index (χ0) is 12.6. The van der Waals surface area contributed by atoms with Gasteiger partial charge < -0.3 is 4.90 Å². The molecule has 0 aliphatic heterocycles. The first-order chi connectivity index (χ1) is 8.04. The number of hydrogen-bond donors (Lipinski definition) is 0. The van der Waals surface area contributed by atoms with E-state index in [-0.39, 0.29) is 11.6 Å². The summed E-state index contributed by atoms with van der Waals surface area (Å²) in [4.78, 5) is 13.8. The van der Waals surface area contributed by atoms with Crippen LogP contribution in [-0.4, -0.2) is 18.4 Å². The van der Waals surface area contributed by atoms with E-state index in [1.54, 1.807) is 13.0 Å². The summed E-state index contributed by atoms with van der Waals surface area (Å²) in [5.74, 6) is -0.371. The summed E-state index contributed by atoms with van der Waals surface area (Å²) in [7, 11) is 0. The fourth-order valence-electron chi connectivity index (χ4n) is 2.20. The van der Waals surface area contributed by atoms with Gasteiger partial charge in [0.15, 0.2) is 5.78 Å². The van der Waals surface area contributed by atoms with Crippen molar-refractivity contribution in [2.75, 3.05) is 11.4 Å². The third kappa shape index (κ3) is 2.33. The predicted octanol–water partition coefficient (Wildman–Crippen LogP) is 3.33. The van der Waals surface area contributed by atoms with E-state index in [0.29, 0.717) is 17.2 Å². The number of carbonyl (C=O) groups excluding carboxylic acids is 1. The van der Waals surface area contributed by atoms with Crippen LogP contribution in [0.3, 0.4) is 0 Å². The fourth-order valence-corrected chi connectivity index (χ4v) is 2.20. The lowest BCUT2D eigenvalue weighted by molar-refractivity contribution is 0.101. The Morgan fingerprint density at radius 3 is 2.59 bits per heavy atom. The van der Waals surface area contributed by atoms with Gasteiger partial charge in [0.1, 0.15) is 5.82 Å². The number of halogens is 1. The molecule has 2 rings (SSSR count). The van der Waals surface area contributed by atoms with Crippen LogP contribution in [-0.2, 0) is 0 Å². The van der Waals surface area contributed by atoms with E-state index in [1.807, 2.05) is 0 Å². The highest BCUT2D eigenvalue weighted by atomic mass is 19.1. The molecule has 1 saturated carbocycles. The van der Waals surface area contributed by atoms with E-state index in [9.17, 15) is 9.18 Å². The number of rotatable bonds is 4. The van der Waals surface area contributed by atoms with E-state index in [0.717, 1.165) is 12.2 Å². The van der Waals surface area contributed by atoms with Crippen molar-refractivity contribution in [3.05, 3.63) is 29.1 Å². The van der Waals surface area contributed by atoms with E-state index in [2.05, 4.69) is 11.8 Å². The molecule has 1 aromatic carbocycles. The van der Waals surface area contributed by atoms with Gasteiger partial charge in [-0.15, -0.1) is 0 Å². The molecule has 3 heteroatoms. The standard InChI is InChI=1S/C14H18FNO/c1-4-16(11-5-6-11)14-7-9(2)13(15)8-12(14)10(3)17/h7-8,11H,4-6H2,1-3H3. The molecular formula is C14H18FNO. The number of carbonyl (C=O) groups is 1. The summed E-state index contributed by atoms with van der Waals surface area (Å²) in [6, 6.07) is 3.70. The van der Waals surface area contributed by atoms with Crippen molar-refractivity contribution in [3.63, 3.8) is 0 Å². The Kier molecular flexibility index (Phi) is 3.18. The highest BCUT2D eigenvalue weighted by molar-refractivity contribution is 6.00. The molecule has 17 heavy (non-hydrogen) atoms. The average molecular weight is 235 g/mol. The minimum Gasteiger partial charge on any atom is -0.368 e. The topological polar surface area (TPSA) is 20.3 Å². The summed E-state index contributed by atoms with van der Waals surface area (Å²) in [5, 5.41) is 0. The maximum Gasteiger partial charge on any atom is 0.161 e. The van der Waals surface area contributed by atoms with Gasteiger partial charge >= 0.3 is 0 Å². The number of nitrogens with zero attached hydrogens (tertiary/aromatic N) is 1. The molecule has 92 valence electrons. The summed E-state index contributed by atoms with van der Waals surface area (Å²) < 4.78 is 13.5. The lowest BCUT2D eigenvalue weighted by Gasteiger charge is -2.25. The Labute approximate surface area is 101 Å². The summed E-state index contributed by atoms with van der Waals surface area (Å²) in [6.45, 7) is 6.16. The van der Waals surface area contributed by atoms with Crippen molar-refractivity contribution in [3.8, 4) is 0 Å². The molecule has 2 nitrogen and oxygen atoms in total. The first-order valence-electron chi connectivity index (χ1n) is 6.12. The van der Waals surface area contributed by atoms with Gasteiger partial charge in [-0.05, 0) is 51.3 Å². The van der Waals surface area contributed by atoms with Crippen molar-refractivity contribution in [2.24, 2.45) is 0 Å². The Hall–Kier alpha value is -1.38. The molecule has 0 amide bonds. The Morgan fingerprint density at radius 2 is 2.12 bits per heavy atom. The maximum absolute atomic E-state index is 13.5. The van der Waals surface area contributed by atoms with Crippen molar-refractivity contribution in [2.45, 2.75) is 39.7 Å². The van der Waals surface area contributed by atoms with Gasteiger partial charge in [-0.1, -0.05) is 0 Å². The predicted molar refractivity (Wildman–Crippen MR) is 67.2 cm³/mol. The van der Waals surface area contributed by atoms with Crippen LogP contribution in [0.1, 0.15) is 42.6 Å². The van der Waals surface area contributed by atoms with Crippen LogP contribution < -0.4 is 4.90 Å². The molecule has 0 heterocycles. The number of hydrogen-bond acceptors (Lipinski definition) is 2. The van der Waals surface area contributed by atoms with Crippen molar-refractivity contribution < 1.29 is 9.18 Å². The molecule has 0 spiro atoms. The lowest BCUT2D eigenvalue weighted by Crippen LogP contribution is -2.27. The second-order valence-corrected chi connectivity index (χ2v) is 4.69. The van der Waals surface area contributed by atoms with Gasteiger partial charge in [0.2, 0.25) is 0 Å². The number of benzene rings is 1. The van der Waals surface area contributed by atoms with Crippen LogP contribution in [0.25, 0.3) is 0 Å². The van der Waals surface area contributed by atoms with E-state index >= 15 is 0 Å². The SMILES string of the molecule is CCN(c1cc(C)c(F)cc1C(C)=O)C1CC1. The Bertz CT molecular complexity index is 452. The molecular weight excluding hydrogens is 217 g/mol. The van der Waals surface area contributed by atoms with E-state index in [4.69, 9.17) is 0 Å². The van der Waals surface area contributed by atoms with E-state index < -0.39 is 0 Å². The minimum absolute atomic E-state index is 0.0713. The lowest BCUT2D eigenvalue weighted by atomic mass is 10.0. The zero-order valence-corrected chi connectivity index (χ0v) is 10.6. The molecule has 0 unspecified atom stereocenters. The Morgan fingerprint density at radius 1 is 1.47 bits per heavy atom. The van der Waals surface area contributed by atoms with Gasteiger partial charge in [-0.3, -0.25) is 4.79 Å². The summed E-state index contributed by atoms with van der Waals surface area (Å²) in [5.41, 5.74) is 1.99. The first-order valence-corrected chi connectivity index (χ1v) is 6.12. The average Bonchev–Trinajstić information content (AvgIpc) is 3.07. The van der Waals surface area contributed by atoms with Crippen LogP contribution in [0, 0.1) is 12.7 Å². The van der Waals surface area contributed by atoms with Gasteiger partial charge in [0, 0.05) is 23.8 Å². The molecule has 0 saturated heterocycles. The molecule has 0 atom stereocenters. The highest BCUT2D eigenvalue weighted by Crippen LogP contribution is 2.34. The highest BCUT2D eigenvalue weighted by Gasteiger charge is 2.30. The minimum atomic E-state index is -0.300. The van der Waals surface area contributed by atoms with E-state index in [1.165, 1.54) is 25.8 Å². The van der Waals surface area contributed by atoms with Crippen LogP contribution in [0.2, 0.25) is 0 Å². The number of anilines is 1. The second-order valence-electron chi connectivity index (χ2n) is 4.69. The van der Waals surface area contributed by atoms with Gasteiger partial charge in [0.05, 0.1) is 0 Å². The molecule has 0 N–H and O–H groups in total. The van der Waals surface area contributed by atoms with Crippen molar-refractivity contribution >= 4 is 11.5 Å². The van der Waals surface area contributed by atoms with Crippen LogP contribution in [0.15, 0.2) is 12.1 Å². The van der Waals surface area contributed by atoms with Crippen molar-refractivity contribution in [1.29, 1.82) is 0 Å². The normalized spacial score (nSPS) is 14.8. The third-order valence-corrected chi connectivity index (χ3v) is 3.29. The second kappa shape index (κ2) is 4.47. The molecule has 1 fully saturated rings. The third-order valence-electron chi connectivity index (χ3n) is 3.29. The molecule has 1 aliphatic carbocycles. The number of ketones is 1. The fraction of sp³-hybridized carbons (Fsp3) is 0.500. The summed E-state index contributed by atoms with van der Waals surface area (Å²) in [6.07, 6.45) is 2.34. The molecule has 0 aromatic heterocycles. The quantitative estimate of drug-likeness (QED) is 0.746. The van der Waals surface area contributed by atoms with Crippen molar-refractivity contribution in [1.82, 2.24) is 0 Å². The number of Topliss-reactive ketones (excluding diaryl/α,β-unsaturated/α-hetero) is 1. The Balaban J connectivity index is 2.49. The molecule has 1 aliphatic rings. The smallest absolute Gasteiger partial charge is 0.161 e. The monoisotopic (exact) mass is 235 g/mol. The zero-order valence-electron chi connectivity index (χ0n) is 10.6. The molecule has 1 aromatic rings. The van der Waals surface area contributed by atoms with Crippen LogP contribution >= 0.6 is 0 Å². The first kappa shape index (κ1) is 12.1. The van der Waals surface area contributed by atoms with Gasteiger partial charge in [-0.25, -0.2) is 4.39 Å². The maximum atomic E-state index is 13.5. The van der Waals surface area contributed by atoms with Crippen LogP contribution in [0.4, 0.5) is 10.1 Å².